The molecule has 10 N–H and O–H groups in total. The zero-order chi connectivity index (χ0) is 47.0. The van der Waals surface area contributed by atoms with Gasteiger partial charge in [-0.15, -0.1) is 0 Å². The van der Waals surface area contributed by atoms with Crippen molar-refractivity contribution >= 4 is 5.97 Å². The second-order valence-corrected chi connectivity index (χ2v) is 23.3. The Morgan fingerprint density at radius 2 is 1.15 bits per heavy atom. The summed E-state index contributed by atoms with van der Waals surface area (Å²) >= 11 is 0. The van der Waals surface area contributed by atoms with Crippen LogP contribution in [0.4, 0.5) is 0 Å². The van der Waals surface area contributed by atoms with Crippen LogP contribution in [0.15, 0.2) is 0 Å². The summed E-state index contributed by atoms with van der Waals surface area (Å²) < 4.78 is 41.6. The van der Waals surface area contributed by atoms with Crippen LogP contribution in [0.2, 0.25) is 0 Å². The smallest absolute Gasteiger partial charge is 0.315 e. The highest BCUT2D eigenvalue weighted by molar-refractivity contribution is 5.82. The van der Waals surface area contributed by atoms with E-state index in [1.165, 1.54) is 0 Å². The van der Waals surface area contributed by atoms with Crippen LogP contribution in [0, 0.1) is 50.7 Å². The fourth-order valence-electron chi connectivity index (χ4n) is 16.6. The Hall–Kier alpha value is -1.17. The fraction of sp³-hybridized carbons (Fsp3) is 0.979. The Kier molecular flexibility index (Phi) is 12.6. The van der Waals surface area contributed by atoms with Gasteiger partial charge in [0.1, 0.15) is 78.2 Å². The average Bonchev–Trinajstić information content (AvgIpc) is 3.69. The third-order valence-electron chi connectivity index (χ3n) is 20.1. The molecule has 65 heavy (non-hydrogen) atoms. The fourth-order valence-corrected chi connectivity index (χ4v) is 16.6. The highest BCUT2D eigenvalue weighted by atomic mass is 16.8. The molecule has 0 aromatic heterocycles. The van der Waals surface area contributed by atoms with E-state index >= 15 is 0 Å². The van der Waals surface area contributed by atoms with Gasteiger partial charge in [-0.3, -0.25) is 4.79 Å². The summed E-state index contributed by atoms with van der Waals surface area (Å²) in [6, 6.07) is 0. The van der Waals surface area contributed by atoms with Gasteiger partial charge in [0, 0.05) is 5.92 Å². The molecule has 9 aliphatic rings. The number of aliphatic hydroxyl groups is 10. The molecule has 2 bridgehead atoms. The van der Waals surface area contributed by atoms with Gasteiger partial charge in [-0.2, -0.15) is 0 Å². The zero-order valence-electron chi connectivity index (χ0n) is 38.7. The maximum atomic E-state index is 14.3. The van der Waals surface area contributed by atoms with Crippen molar-refractivity contribution in [3.63, 3.8) is 0 Å². The van der Waals surface area contributed by atoms with Crippen molar-refractivity contribution in [1.82, 2.24) is 0 Å². The molecule has 4 heterocycles. The maximum Gasteiger partial charge on any atom is 0.315 e. The van der Waals surface area contributed by atoms with Gasteiger partial charge in [0.2, 0.25) is 0 Å². The predicted octanol–water partition coefficient (Wildman–Crippen LogP) is -0.00760. The van der Waals surface area contributed by atoms with E-state index in [2.05, 4.69) is 27.7 Å². The summed E-state index contributed by atoms with van der Waals surface area (Å²) in [6.07, 6.45) is -12.1. The molecule has 4 saturated heterocycles. The molecule has 9 fully saturated rings. The molecule has 0 radical (unpaired) electrons. The number of ether oxygens (including phenoxy) is 7. The molecule has 372 valence electrons. The minimum absolute atomic E-state index is 0.0180. The van der Waals surface area contributed by atoms with E-state index < -0.39 is 122 Å². The third-order valence-corrected chi connectivity index (χ3v) is 20.1. The molecular formula is C47H76O18. The first-order chi connectivity index (χ1) is 30.5. The standard InChI is InChI=1S/C47H76O18/c1-41(2)25-11-15-46(40(57)65-41)28-9-8-27-43(4)13-7-12-42(3,26(43)10-14-44(27,5)45(28,6)16-17-47(25,46)58)21-60-37-35(56)32(53)31(52)24(63-37)20-59-39-36(33(54)29(50)22(18-48)62-39)64-38-34(55)30(51)23(19-49)61-38/h22-39,48-56,58H,7-21H2,1-6H3. The first kappa shape index (κ1) is 48.8. The van der Waals surface area contributed by atoms with Crippen molar-refractivity contribution in [3.05, 3.63) is 0 Å². The summed E-state index contributed by atoms with van der Waals surface area (Å²) in [5.41, 5.74) is -3.37. The predicted molar refractivity (Wildman–Crippen MR) is 224 cm³/mol. The van der Waals surface area contributed by atoms with Crippen molar-refractivity contribution < 1.29 is 89.0 Å². The van der Waals surface area contributed by atoms with E-state index in [4.69, 9.17) is 33.2 Å². The number of aliphatic hydroxyl groups excluding tert-OH is 9. The number of carbonyl (C=O) groups excluding carboxylic acids is 1. The minimum Gasteiger partial charge on any atom is -0.459 e. The lowest BCUT2D eigenvalue weighted by Gasteiger charge is -2.74. The van der Waals surface area contributed by atoms with Gasteiger partial charge in [-0.05, 0) is 117 Å². The molecule has 24 unspecified atom stereocenters. The van der Waals surface area contributed by atoms with E-state index in [1.807, 2.05) is 13.8 Å². The van der Waals surface area contributed by atoms with Crippen LogP contribution in [0.25, 0.3) is 0 Å². The van der Waals surface area contributed by atoms with E-state index in [0.29, 0.717) is 18.8 Å². The largest absolute Gasteiger partial charge is 0.459 e. The van der Waals surface area contributed by atoms with E-state index in [0.717, 1.165) is 57.8 Å². The Morgan fingerprint density at radius 1 is 0.569 bits per heavy atom. The first-order valence-electron chi connectivity index (χ1n) is 24.3. The highest BCUT2D eigenvalue weighted by Crippen LogP contribution is 2.80. The molecule has 0 aromatic carbocycles. The van der Waals surface area contributed by atoms with Crippen molar-refractivity contribution in [2.75, 3.05) is 26.4 Å². The van der Waals surface area contributed by atoms with Crippen LogP contribution < -0.4 is 0 Å². The van der Waals surface area contributed by atoms with Crippen molar-refractivity contribution in [2.24, 2.45) is 50.7 Å². The topological polar surface area (TPSA) is 284 Å². The molecule has 18 nitrogen and oxygen atoms in total. The van der Waals surface area contributed by atoms with Gasteiger partial charge in [0.25, 0.3) is 0 Å². The van der Waals surface area contributed by atoms with Crippen LogP contribution in [-0.2, 0) is 38.0 Å². The first-order valence-corrected chi connectivity index (χ1v) is 24.3. The lowest BCUT2D eigenvalue weighted by molar-refractivity contribution is -0.352. The van der Waals surface area contributed by atoms with Crippen LogP contribution in [0.1, 0.15) is 112 Å². The number of fused-ring (bicyclic) bond motifs is 5. The number of cyclic esters (lactones) is 1. The van der Waals surface area contributed by atoms with E-state index in [1.54, 1.807) is 0 Å². The monoisotopic (exact) mass is 929 g/mol. The molecule has 4 aliphatic heterocycles. The summed E-state index contributed by atoms with van der Waals surface area (Å²) in [4.78, 5) is 14.3. The minimum atomic E-state index is -1.76. The van der Waals surface area contributed by atoms with Gasteiger partial charge < -0.3 is 84.2 Å². The Balaban J connectivity index is 0.886. The second-order valence-electron chi connectivity index (χ2n) is 23.3. The number of hydrogen-bond donors (Lipinski definition) is 10. The van der Waals surface area contributed by atoms with Crippen molar-refractivity contribution in [2.45, 2.75) is 209 Å². The quantitative estimate of drug-likeness (QED) is 0.129. The molecule has 0 amide bonds. The Labute approximate surface area is 380 Å². The van der Waals surface area contributed by atoms with Crippen molar-refractivity contribution in [1.29, 1.82) is 0 Å². The highest BCUT2D eigenvalue weighted by Gasteiger charge is 2.81. The second kappa shape index (κ2) is 16.7. The van der Waals surface area contributed by atoms with Crippen LogP contribution >= 0.6 is 0 Å². The van der Waals surface area contributed by atoms with Crippen LogP contribution in [-0.4, -0.2) is 181 Å². The van der Waals surface area contributed by atoms with Crippen LogP contribution in [0.5, 0.6) is 0 Å². The third kappa shape index (κ3) is 6.96. The molecule has 5 saturated carbocycles. The lowest BCUT2D eigenvalue weighted by atomic mass is 9.31. The van der Waals surface area contributed by atoms with E-state index in [-0.39, 0.29) is 52.0 Å². The molecule has 5 aliphatic carbocycles. The Bertz CT molecular complexity index is 1770. The van der Waals surface area contributed by atoms with Crippen molar-refractivity contribution in [3.8, 4) is 0 Å². The maximum absolute atomic E-state index is 14.3. The molecule has 0 aromatic rings. The molecule has 9 rings (SSSR count). The zero-order valence-corrected chi connectivity index (χ0v) is 38.7. The number of rotatable bonds is 10. The number of esters is 1. The van der Waals surface area contributed by atoms with E-state index in [9.17, 15) is 55.9 Å². The van der Waals surface area contributed by atoms with Gasteiger partial charge in [-0.25, -0.2) is 0 Å². The Morgan fingerprint density at radius 3 is 1.85 bits per heavy atom. The number of hydrogen-bond acceptors (Lipinski definition) is 18. The average molecular weight is 929 g/mol. The normalized spacial score (nSPS) is 57.1. The molecule has 18 heteroatoms. The van der Waals surface area contributed by atoms with Crippen LogP contribution in [0.3, 0.4) is 0 Å². The molecular weight excluding hydrogens is 852 g/mol. The SMILES string of the molecule is CC1(COC2OC(COC3OC(CO)C(O)C(O)C3OC3OC(CO)C(O)C3O)C(O)C(O)C2O)CCCC2(C)C1CCC1(C)C2CCC2C1(C)CCC1(O)C3CCC21C(=O)OC3(C)C. The summed E-state index contributed by atoms with van der Waals surface area (Å²) in [5, 5.41) is 108. The summed E-state index contributed by atoms with van der Waals surface area (Å²) in [7, 11) is 0. The van der Waals surface area contributed by atoms with Gasteiger partial charge in [-0.1, -0.05) is 34.1 Å². The molecule has 24 atom stereocenters. The van der Waals surface area contributed by atoms with Gasteiger partial charge in [0.05, 0.1) is 32.0 Å². The summed E-state index contributed by atoms with van der Waals surface area (Å²) in [5.74, 6) is 0.322. The van der Waals surface area contributed by atoms with Gasteiger partial charge >= 0.3 is 5.97 Å². The van der Waals surface area contributed by atoms with Gasteiger partial charge in [0.15, 0.2) is 18.9 Å². The number of carbonyl (C=O) groups is 1. The molecule has 0 spiro atoms. The summed E-state index contributed by atoms with van der Waals surface area (Å²) in [6.45, 7) is 11.8. The lowest BCUT2D eigenvalue weighted by Crippen LogP contribution is -2.74.